The number of methoxy groups -OCH3 is 1. The van der Waals surface area contributed by atoms with Gasteiger partial charge in [0.05, 0.1) is 5.56 Å². The van der Waals surface area contributed by atoms with Crippen molar-refractivity contribution in [2.45, 2.75) is 25.5 Å². The smallest absolute Gasteiger partial charge is 0.261 e. The van der Waals surface area contributed by atoms with E-state index >= 15 is 0 Å². The van der Waals surface area contributed by atoms with Crippen LogP contribution in [0.25, 0.3) is 11.5 Å². The van der Waals surface area contributed by atoms with Crippen LogP contribution >= 0.6 is 0 Å². The molecule has 3 rings (SSSR count). The van der Waals surface area contributed by atoms with Gasteiger partial charge in [-0.15, -0.1) is 0 Å². The van der Waals surface area contributed by atoms with Crippen molar-refractivity contribution in [3.8, 4) is 11.5 Å². The Morgan fingerprint density at radius 2 is 2.24 bits per heavy atom. The minimum absolute atomic E-state index is 0.283. The van der Waals surface area contributed by atoms with Crippen LogP contribution in [0.1, 0.15) is 18.7 Å². The van der Waals surface area contributed by atoms with Crippen molar-refractivity contribution >= 4 is 5.82 Å². The maximum absolute atomic E-state index is 5.96. The highest BCUT2D eigenvalue weighted by Crippen LogP contribution is 2.29. The van der Waals surface area contributed by atoms with Crippen LogP contribution in [0.3, 0.4) is 0 Å². The third-order valence-electron chi connectivity index (χ3n) is 3.60. The molecule has 0 bridgehead atoms. The first kappa shape index (κ1) is 14.0. The van der Waals surface area contributed by atoms with E-state index in [1.807, 2.05) is 12.1 Å². The molecule has 0 spiro atoms. The van der Waals surface area contributed by atoms with Crippen molar-refractivity contribution in [3.05, 3.63) is 24.2 Å². The van der Waals surface area contributed by atoms with Crippen molar-refractivity contribution < 1.29 is 9.26 Å². The van der Waals surface area contributed by atoms with Crippen molar-refractivity contribution in [1.82, 2.24) is 15.1 Å². The van der Waals surface area contributed by atoms with Gasteiger partial charge in [-0.05, 0) is 25.0 Å². The Hall–Kier alpha value is -1.99. The first-order valence-electron chi connectivity index (χ1n) is 7.05. The van der Waals surface area contributed by atoms with Crippen LogP contribution in [-0.4, -0.2) is 41.4 Å². The van der Waals surface area contributed by atoms with E-state index in [2.05, 4.69) is 20.0 Å². The van der Waals surface area contributed by atoms with Crippen molar-refractivity contribution in [2.75, 3.05) is 25.1 Å². The number of rotatable bonds is 4. The summed E-state index contributed by atoms with van der Waals surface area (Å²) in [6, 6.07) is 4.10. The Labute approximate surface area is 123 Å². The zero-order valence-electron chi connectivity index (χ0n) is 12.0. The number of nitrogens with zero attached hydrogens (tertiary/aromatic N) is 4. The van der Waals surface area contributed by atoms with Crippen molar-refractivity contribution in [1.29, 1.82) is 0 Å². The summed E-state index contributed by atoms with van der Waals surface area (Å²) in [5.41, 5.74) is 6.81. The van der Waals surface area contributed by atoms with E-state index in [-0.39, 0.29) is 6.04 Å². The molecule has 1 aliphatic rings. The average molecular weight is 289 g/mol. The Morgan fingerprint density at radius 1 is 1.43 bits per heavy atom. The van der Waals surface area contributed by atoms with Gasteiger partial charge < -0.3 is 19.9 Å². The average Bonchev–Trinajstić information content (AvgIpc) is 2.97. The second-order valence-electron chi connectivity index (χ2n) is 5.15. The lowest BCUT2D eigenvalue weighted by Gasteiger charge is -2.31. The molecule has 2 aromatic rings. The minimum atomic E-state index is 0.283. The molecule has 0 saturated carbocycles. The molecule has 0 radical (unpaired) electrons. The summed E-state index contributed by atoms with van der Waals surface area (Å²) >= 11 is 0. The van der Waals surface area contributed by atoms with E-state index < -0.39 is 0 Å². The maximum atomic E-state index is 5.96. The van der Waals surface area contributed by atoms with E-state index in [1.165, 1.54) is 0 Å². The fourth-order valence-electron chi connectivity index (χ4n) is 2.48. The van der Waals surface area contributed by atoms with Gasteiger partial charge in [0.25, 0.3) is 5.89 Å². The van der Waals surface area contributed by atoms with E-state index in [9.17, 15) is 0 Å². The molecule has 112 valence electrons. The minimum Gasteiger partial charge on any atom is -0.377 e. The number of pyridine rings is 1. The monoisotopic (exact) mass is 289 g/mol. The van der Waals surface area contributed by atoms with E-state index in [0.717, 1.165) is 37.3 Å². The summed E-state index contributed by atoms with van der Waals surface area (Å²) in [5, 5.41) is 3.90. The number of piperidine rings is 1. The van der Waals surface area contributed by atoms with Gasteiger partial charge in [0.15, 0.2) is 5.82 Å². The molecule has 0 unspecified atom stereocenters. The zero-order valence-corrected chi connectivity index (χ0v) is 12.0. The number of aromatic nitrogens is 3. The van der Waals surface area contributed by atoms with E-state index in [0.29, 0.717) is 18.3 Å². The van der Waals surface area contributed by atoms with Gasteiger partial charge in [0.2, 0.25) is 0 Å². The largest absolute Gasteiger partial charge is 0.377 e. The van der Waals surface area contributed by atoms with E-state index in [1.54, 1.807) is 13.3 Å². The molecule has 0 aromatic carbocycles. The maximum Gasteiger partial charge on any atom is 0.261 e. The Morgan fingerprint density at radius 3 is 3.00 bits per heavy atom. The summed E-state index contributed by atoms with van der Waals surface area (Å²) in [6.07, 6.45) is 3.71. The molecule has 7 heteroatoms. The van der Waals surface area contributed by atoms with Crippen LogP contribution in [0.15, 0.2) is 22.9 Å². The highest BCUT2D eigenvalue weighted by atomic mass is 16.5. The quantitative estimate of drug-likeness (QED) is 0.904. The third kappa shape index (κ3) is 3.03. The topological polar surface area (TPSA) is 90.3 Å². The second-order valence-corrected chi connectivity index (χ2v) is 5.15. The van der Waals surface area contributed by atoms with Gasteiger partial charge in [-0.2, -0.15) is 4.98 Å². The summed E-state index contributed by atoms with van der Waals surface area (Å²) in [4.78, 5) is 11.1. The fourth-order valence-corrected chi connectivity index (χ4v) is 2.48. The van der Waals surface area contributed by atoms with Gasteiger partial charge >= 0.3 is 0 Å². The van der Waals surface area contributed by atoms with Crippen LogP contribution in [0.5, 0.6) is 0 Å². The number of ether oxygens (including phenoxy) is 1. The lowest BCUT2D eigenvalue weighted by molar-refractivity contribution is 0.174. The molecule has 21 heavy (non-hydrogen) atoms. The Kier molecular flexibility index (Phi) is 4.12. The first-order chi connectivity index (χ1) is 10.3. The highest BCUT2D eigenvalue weighted by molar-refractivity contribution is 5.69. The summed E-state index contributed by atoms with van der Waals surface area (Å²) in [6.45, 7) is 2.12. The van der Waals surface area contributed by atoms with Crippen LogP contribution in [-0.2, 0) is 11.3 Å². The van der Waals surface area contributed by atoms with Gasteiger partial charge in [-0.25, -0.2) is 4.98 Å². The number of anilines is 1. The molecule has 1 saturated heterocycles. The summed E-state index contributed by atoms with van der Waals surface area (Å²) < 4.78 is 10.3. The SMILES string of the molecule is COCc1noc(-c2cccnc2N2CCC(N)CC2)n1. The van der Waals surface area contributed by atoms with Crippen LogP contribution < -0.4 is 10.6 Å². The zero-order chi connectivity index (χ0) is 14.7. The van der Waals surface area contributed by atoms with Crippen molar-refractivity contribution in [2.24, 2.45) is 5.73 Å². The molecule has 1 fully saturated rings. The predicted molar refractivity (Wildman–Crippen MR) is 77.7 cm³/mol. The third-order valence-corrected chi connectivity index (χ3v) is 3.60. The lowest BCUT2D eigenvalue weighted by atomic mass is 10.1. The van der Waals surface area contributed by atoms with Crippen LogP contribution in [0, 0.1) is 0 Å². The van der Waals surface area contributed by atoms with Crippen LogP contribution in [0.4, 0.5) is 5.82 Å². The predicted octanol–water partition coefficient (Wildman–Crippen LogP) is 1.21. The van der Waals surface area contributed by atoms with Gasteiger partial charge in [0.1, 0.15) is 12.4 Å². The Balaban J connectivity index is 1.88. The summed E-state index contributed by atoms with van der Waals surface area (Å²) in [7, 11) is 1.60. The molecule has 3 heterocycles. The van der Waals surface area contributed by atoms with Gasteiger partial charge in [-0.3, -0.25) is 0 Å². The van der Waals surface area contributed by atoms with Gasteiger partial charge in [-0.1, -0.05) is 5.16 Å². The molecule has 0 amide bonds. The molecular weight excluding hydrogens is 270 g/mol. The molecular formula is C14H19N5O2. The first-order valence-corrected chi connectivity index (χ1v) is 7.05. The molecule has 2 aromatic heterocycles. The molecule has 0 atom stereocenters. The molecule has 0 aliphatic carbocycles. The molecule has 2 N–H and O–H groups in total. The normalized spacial score (nSPS) is 16.4. The van der Waals surface area contributed by atoms with Crippen LogP contribution in [0.2, 0.25) is 0 Å². The van der Waals surface area contributed by atoms with Crippen molar-refractivity contribution in [3.63, 3.8) is 0 Å². The fraction of sp³-hybridized carbons (Fsp3) is 0.500. The van der Waals surface area contributed by atoms with E-state index in [4.69, 9.17) is 15.0 Å². The molecule has 1 aliphatic heterocycles. The Bertz CT molecular complexity index is 593. The van der Waals surface area contributed by atoms with Gasteiger partial charge in [0, 0.05) is 32.4 Å². The number of hydrogen-bond acceptors (Lipinski definition) is 7. The standard InChI is InChI=1S/C14H19N5O2/c1-20-9-12-17-14(21-18-12)11-3-2-6-16-13(11)19-7-4-10(15)5-8-19/h2-3,6,10H,4-5,7-9,15H2,1H3. The number of hydrogen-bond donors (Lipinski definition) is 1. The summed E-state index contributed by atoms with van der Waals surface area (Å²) in [5.74, 6) is 1.88. The molecule has 7 nitrogen and oxygen atoms in total. The number of nitrogens with two attached hydrogens (primary N) is 1. The highest BCUT2D eigenvalue weighted by Gasteiger charge is 2.22. The second kappa shape index (κ2) is 6.19. The lowest BCUT2D eigenvalue weighted by Crippen LogP contribution is -2.40.